The molecule has 2 N–H and O–H groups in total. The van der Waals surface area contributed by atoms with Crippen LogP contribution in [0.4, 0.5) is 10.1 Å². The number of piperidine rings is 1. The van der Waals surface area contributed by atoms with Crippen molar-refractivity contribution in [3.8, 4) is 0 Å². The van der Waals surface area contributed by atoms with Gasteiger partial charge >= 0.3 is 0 Å². The molecule has 1 heterocycles. The van der Waals surface area contributed by atoms with Crippen molar-refractivity contribution < 1.29 is 14.0 Å². The third-order valence-corrected chi connectivity index (χ3v) is 5.40. The third kappa shape index (κ3) is 7.33. The highest BCUT2D eigenvalue weighted by atomic mass is 32.2. The monoisotopic (exact) mass is 381 g/mol. The molecule has 0 radical (unpaired) electrons. The van der Waals surface area contributed by atoms with E-state index in [9.17, 15) is 14.0 Å². The summed E-state index contributed by atoms with van der Waals surface area (Å²) >= 11 is 1.28. The van der Waals surface area contributed by atoms with Crippen molar-refractivity contribution in [2.45, 2.75) is 32.7 Å². The van der Waals surface area contributed by atoms with Crippen LogP contribution >= 0.6 is 11.8 Å². The van der Waals surface area contributed by atoms with E-state index in [-0.39, 0.29) is 29.1 Å². The fourth-order valence-corrected chi connectivity index (χ4v) is 3.66. The van der Waals surface area contributed by atoms with Crippen LogP contribution in [0.15, 0.2) is 24.3 Å². The predicted octanol–water partition coefficient (Wildman–Crippen LogP) is 2.73. The van der Waals surface area contributed by atoms with E-state index in [1.807, 2.05) is 0 Å². The van der Waals surface area contributed by atoms with Crippen LogP contribution in [0.1, 0.15) is 26.7 Å². The Labute approximate surface area is 159 Å². The van der Waals surface area contributed by atoms with Crippen molar-refractivity contribution >= 4 is 29.3 Å². The summed E-state index contributed by atoms with van der Waals surface area (Å²) in [6.45, 7) is 7.28. The molecule has 0 spiro atoms. The van der Waals surface area contributed by atoms with Crippen LogP contribution in [-0.2, 0) is 9.59 Å². The lowest BCUT2D eigenvalue weighted by molar-refractivity contribution is -0.118. The standard InChI is InChI=1S/C19H28FN3O2S/c1-14(2)23-9-3-4-15(11-23)10-21-18(24)12-26-13-19(25)22-17-7-5-16(20)6-8-17/h5-8,14-15H,3-4,9-13H2,1-2H3,(H,21,24)(H,22,25). The molecule has 1 aromatic rings. The van der Waals surface area contributed by atoms with Gasteiger partial charge in [0.25, 0.3) is 0 Å². The van der Waals surface area contributed by atoms with Gasteiger partial charge < -0.3 is 15.5 Å². The second kappa shape index (κ2) is 10.5. The average molecular weight is 382 g/mol. The maximum atomic E-state index is 12.8. The minimum Gasteiger partial charge on any atom is -0.355 e. The van der Waals surface area contributed by atoms with Crippen molar-refractivity contribution in [3.63, 3.8) is 0 Å². The van der Waals surface area contributed by atoms with E-state index in [0.717, 1.165) is 19.5 Å². The van der Waals surface area contributed by atoms with E-state index >= 15 is 0 Å². The second-order valence-corrected chi connectivity index (χ2v) is 7.93. The van der Waals surface area contributed by atoms with E-state index in [2.05, 4.69) is 29.4 Å². The maximum absolute atomic E-state index is 12.8. The highest BCUT2D eigenvalue weighted by Crippen LogP contribution is 2.17. The predicted molar refractivity (Wildman–Crippen MR) is 105 cm³/mol. The zero-order valence-electron chi connectivity index (χ0n) is 15.5. The first kappa shape index (κ1) is 20.7. The van der Waals surface area contributed by atoms with Gasteiger partial charge in [0.2, 0.25) is 11.8 Å². The summed E-state index contributed by atoms with van der Waals surface area (Å²) in [5.41, 5.74) is 0.549. The Morgan fingerprint density at radius 2 is 1.92 bits per heavy atom. The van der Waals surface area contributed by atoms with E-state index < -0.39 is 0 Å². The molecule has 2 amide bonds. The summed E-state index contributed by atoms with van der Waals surface area (Å²) in [7, 11) is 0. The summed E-state index contributed by atoms with van der Waals surface area (Å²) in [5.74, 6) is 0.373. The smallest absolute Gasteiger partial charge is 0.234 e. The summed E-state index contributed by atoms with van der Waals surface area (Å²) in [5, 5.41) is 5.66. The molecule has 1 aliphatic rings. The molecule has 1 aromatic carbocycles. The highest BCUT2D eigenvalue weighted by Gasteiger charge is 2.21. The molecule has 0 aliphatic carbocycles. The molecule has 7 heteroatoms. The van der Waals surface area contributed by atoms with Crippen LogP contribution in [0.3, 0.4) is 0 Å². The number of anilines is 1. The lowest BCUT2D eigenvalue weighted by Gasteiger charge is -2.35. The molecule has 1 unspecified atom stereocenters. The SMILES string of the molecule is CC(C)N1CCCC(CNC(=O)CSCC(=O)Nc2ccc(F)cc2)C1. The third-order valence-electron chi connectivity index (χ3n) is 4.46. The fourth-order valence-electron chi connectivity index (χ4n) is 3.01. The molecular formula is C19H28FN3O2S. The number of amides is 2. The summed E-state index contributed by atoms with van der Waals surface area (Å²) in [6.07, 6.45) is 2.33. The van der Waals surface area contributed by atoms with Gasteiger partial charge in [-0.15, -0.1) is 11.8 Å². The highest BCUT2D eigenvalue weighted by molar-refractivity contribution is 8.00. The molecule has 2 rings (SSSR count). The number of hydrogen-bond donors (Lipinski definition) is 2. The van der Waals surface area contributed by atoms with Gasteiger partial charge in [0.05, 0.1) is 11.5 Å². The average Bonchev–Trinajstić information content (AvgIpc) is 2.62. The number of carbonyl (C=O) groups excluding carboxylic acids is 2. The Morgan fingerprint density at radius 1 is 1.23 bits per heavy atom. The minimum absolute atomic E-state index is 0.0359. The molecular weight excluding hydrogens is 353 g/mol. The molecule has 26 heavy (non-hydrogen) atoms. The quantitative estimate of drug-likeness (QED) is 0.727. The molecule has 1 saturated heterocycles. The van der Waals surface area contributed by atoms with Gasteiger partial charge in [-0.3, -0.25) is 9.59 Å². The summed E-state index contributed by atoms with van der Waals surface area (Å²) in [4.78, 5) is 26.2. The van der Waals surface area contributed by atoms with E-state index in [1.54, 1.807) is 0 Å². The number of halogens is 1. The van der Waals surface area contributed by atoms with Crippen LogP contribution in [0, 0.1) is 11.7 Å². The van der Waals surface area contributed by atoms with Gasteiger partial charge in [-0.05, 0) is 63.4 Å². The first-order valence-corrected chi connectivity index (χ1v) is 10.2. The number of nitrogens with one attached hydrogen (secondary N) is 2. The number of rotatable bonds is 8. The van der Waals surface area contributed by atoms with Gasteiger partial charge in [0, 0.05) is 24.8 Å². The van der Waals surface area contributed by atoms with Gasteiger partial charge in [0.1, 0.15) is 5.82 Å². The van der Waals surface area contributed by atoms with Gasteiger partial charge in [0.15, 0.2) is 0 Å². The molecule has 1 aliphatic heterocycles. The molecule has 0 aromatic heterocycles. The topological polar surface area (TPSA) is 61.4 Å². The lowest BCUT2D eigenvalue weighted by Crippen LogP contribution is -2.44. The van der Waals surface area contributed by atoms with Crippen molar-refractivity contribution in [1.82, 2.24) is 10.2 Å². The van der Waals surface area contributed by atoms with Crippen LogP contribution < -0.4 is 10.6 Å². The van der Waals surface area contributed by atoms with E-state index in [1.165, 1.54) is 42.4 Å². The molecule has 144 valence electrons. The van der Waals surface area contributed by atoms with Crippen LogP contribution in [0.25, 0.3) is 0 Å². The van der Waals surface area contributed by atoms with Crippen LogP contribution in [0.2, 0.25) is 0 Å². The second-order valence-electron chi connectivity index (χ2n) is 6.95. The molecule has 1 atom stereocenters. The van der Waals surface area contributed by atoms with Gasteiger partial charge in [-0.1, -0.05) is 0 Å². The number of carbonyl (C=O) groups is 2. The van der Waals surface area contributed by atoms with Crippen molar-refractivity contribution in [2.24, 2.45) is 5.92 Å². The largest absolute Gasteiger partial charge is 0.355 e. The number of hydrogen-bond acceptors (Lipinski definition) is 4. The number of likely N-dealkylation sites (tertiary alicyclic amines) is 1. The van der Waals surface area contributed by atoms with Crippen molar-refractivity contribution in [2.75, 3.05) is 36.5 Å². The Morgan fingerprint density at radius 3 is 2.62 bits per heavy atom. The fraction of sp³-hybridized carbons (Fsp3) is 0.579. The Bertz CT molecular complexity index is 595. The molecule has 0 bridgehead atoms. The number of nitrogens with zero attached hydrogens (tertiary/aromatic N) is 1. The first-order chi connectivity index (χ1) is 12.4. The number of thioether (sulfide) groups is 1. The van der Waals surface area contributed by atoms with Crippen LogP contribution in [-0.4, -0.2) is 53.9 Å². The zero-order chi connectivity index (χ0) is 18.9. The van der Waals surface area contributed by atoms with Crippen molar-refractivity contribution in [1.29, 1.82) is 0 Å². The van der Waals surface area contributed by atoms with Gasteiger partial charge in [-0.25, -0.2) is 4.39 Å². The molecule has 5 nitrogen and oxygen atoms in total. The Balaban J connectivity index is 1.59. The summed E-state index contributed by atoms with van der Waals surface area (Å²) < 4.78 is 12.8. The lowest BCUT2D eigenvalue weighted by atomic mass is 9.97. The Hall–Kier alpha value is -1.60. The number of benzene rings is 1. The van der Waals surface area contributed by atoms with Gasteiger partial charge in [-0.2, -0.15) is 0 Å². The van der Waals surface area contributed by atoms with E-state index in [0.29, 0.717) is 24.2 Å². The molecule has 0 saturated carbocycles. The van der Waals surface area contributed by atoms with Crippen molar-refractivity contribution in [3.05, 3.63) is 30.1 Å². The van der Waals surface area contributed by atoms with E-state index in [4.69, 9.17) is 0 Å². The normalized spacial score (nSPS) is 17.9. The Kier molecular flexibility index (Phi) is 8.38. The minimum atomic E-state index is -0.344. The zero-order valence-corrected chi connectivity index (χ0v) is 16.3. The van der Waals surface area contributed by atoms with Crippen LogP contribution in [0.5, 0.6) is 0 Å². The summed E-state index contributed by atoms with van der Waals surface area (Å²) in [6, 6.07) is 6.15. The maximum Gasteiger partial charge on any atom is 0.234 e. The molecule has 1 fully saturated rings. The first-order valence-electron chi connectivity index (χ1n) is 9.08.